The van der Waals surface area contributed by atoms with Crippen molar-refractivity contribution in [1.82, 2.24) is 0 Å². The van der Waals surface area contributed by atoms with Gasteiger partial charge in [0, 0.05) is 11.1 Å². The van der Waals surface area contributed by atoms with Crippen molar-refractivity contribution in [2.75, 3.05) is 0 Å². The summed E-state index contributed by atoms with van der Waals surface area (Å²) in [5.41, 5.74) is 6.68. The summed E-state index contributed by atoms with van der Waals surface area (Å²) >= 11 is 0. The number of fused-ring (bicyclic) bond motifs is 2. The van der Waals surface area contributed by atoms with E-state index in [4.69, 9.17) is 9.05 Å². The van der Waals surface area contributed by atoms with Gasteiger partial charge in [0.05, 0.1) is 0 Å². The second kappa shape index (κ2) is 8.74. The first kappa shape index (κ1) is 26.9. The molecule has 0 saturated carbocycles. The average Bonchev–Trinajstić information content (AvgIpc) is 2.70. The zero-order valence-corrected chi connectivity index (χ0v) is 24.4. The van der Waals surface area contributed by atoms with E-state index in [2.05, 4.69) is 107 Å². The van der Waals surface area contributed by atoms with Gasteiger partial charge in [-0.3, -0.25) is 0 Å². The van der Waals surface area contributed by atoms with Crippen LogP contribution in [0.1, 0.15) is 116 Å². The highest BCUT2D eigenvalue weighted by Gasteiger charge is 2.31. The first-order valence-corrected chi connectivity index (χ1v) is 13.8. The van der Waals surface area contributed by atoms with E-state index in [9.17, 15) is 4.57 Å². The molecular formula is C30H45O3P. The lowest BCUT2D eigenvalue weighted by atomic mass is 9.77. The molecule has 0 radical (unpaired) electrons. The minimum absolute atomic E-state index is 0.00588. The summed E-state index contributed by atoms with van der Waals surface area (Å²) in [6.45, 7) is 26.6. The summed E-state index contributed by atoms with van der Waals surface area (Å²) in [7, 11) is -2.81. The van der Waals surface area contributed by atoms with Crippen LogP contribution in [0, 0.1) is 0 Å². The van der Waals surface area contributed by atoms with Gasteiger partial charge in [0.25, 0.3) is 0 Å². The van der Waals surface area contributed by atoms with E-state index in [-0.39, 0.29) is 21.7 Å². The van der Waals surface area contributed by atoms with Gasteiger partial charge in [0.2, 0.25) is 0 Å². The predicted molar refractivity (Wildman–Crippen MR) is 145 cm³/mol. The first-order valence-electron chi connectivity index (χ1n) is 12.5. The third kappa shape index (κ3) is 5.73. The Kier molecular flexibility index (Phi) is 6.90. The van der Waals surface area contributed by atoms with Crippen molar-refractivity contribution in [2.24, 2.45) is 0 Å². The van der Waals surface area contributed by atoms with Gasteiger partial charge in [0.15, 0.2) is 0 Å². The number of rotatable bonds is 0. The van der Waals surface area contributed by atoms with Crippen molar-refractivity contribution >= 4 is 8.25 Å². The highest BCUT2D eigenvalue weighted by molar-refractivity contribution is 7.34. The molecule has 1 heterocycles. The molecule has 0 spiro atoms. The van der Waals surface area contributed by atoms with E-state index in [1.54, 1.807) is 0 Å². The zero-order chi connectivity index (χ0) is 25.9. The number of aryl methyl sites for hydroxylation is 2. The van der Waals surface area contributed by atoms with Gasteiger partial charge < -0.3 is 9.05 Å². The van der Waals surface area contributed by atoms with Gasteiger partial charge in [0.1, 0.15) is 11.5 Å². The zero-order valence-electron chi connectivity index (χ0n) is 23.4. The fourth-order valence-corrected chi connectivity index (χ4v) is 5.28. The van der Waals surface area contributed by atoms with Crippen molar-refractivity contribution in [3.8, 4) is 11.5 Å². The van der Waals surface area contributed by atoms with Crippen LogP contribution in [0.15, 0.2) is 24.3 Å². The van der Waals surface area contributed by atoms with Crippen molar-refractivity contribution in [3.05, 3.63) is 57.6 Å². The quantitative estimate of drug-likeness (QED) is 0.350. The fourth-order valence-electron chi connectivity index (χ4n) is 4.43. The van der Waals surface area contributed by atoms with Gasteiger partial charge in [-0.2, -0.15) is 0 Å². The topological polar surface area (TPSA) is 35.5 Å². The summed E-state index contributed by atoms with van der Waals surface area (Å²) in [5.74, 6) is 1.48. The molecule has 0 unspecified atom stereocenters. The highest BCUT2D eigenvalue weighted by Crippen LogP contribution is 2.47. The smallest absolute Gasteiger partial charge is 0.417 e. The summed E-state index contributed by atoms with van der Waals surface area (Å²) in [4.78, 5) is 0. The molecule has 0 aromatic heterocycles. The maximum absolute atomic E-state index is 13.4. The van der Waals surface area contributed by atoms with E-state index in [0.29, 0.717) is 0 Å². The normalized spacial score (nSPS) is 15.9. The SMILES string of the molecule is CC(C)(C)c1cc2c(c(C(C)(C)C)c1)O[PH](=O)Oc1c(cc(C(C)(C)C)cc1C(C)(C)C)CC2. The molecule has 0 saturated heterocycles. The van der Waals surface area contributed by atoms with Crippen LogP contribution in [-0.2, 0) is 39.1 Å². The number of hydrogen-bond donors (Lipinski definition) is 0. The molecule has 3 nitrogen and oxygen atoms in total. The summed E-state index contributed by atoms with van der Waals surface area (Å²) in [6, 6.07) is 8.97. The Labute approximate surface area is 208 Å². The third-order valence-corrected chi connectivity index (χ3v) is 7.46. The van der Waals surface area contributed by atoms with E-state index < -0.39 is 8.25 Å². The summed E-state index contributed by atoms with van der Waals surface area (Å²) in [5, 5.41) is 0. The molecular weight excluding hydrogens is 439 g/mol. The van der Waals surface area contributed by atoms with Crippen LogP contribution < -0.4 is 9.05 Å². The molecule has 0 atom stereocenters. The fraction of sp³-hybridized carbons (Fsp3) is 0.600. The Morgan fingerprint density at radius 2 is 0.882 bits per heavy atom. The number of hydrogen-bond acceptors (Lipinski definition) is 3. The molecule has 0 amide bonds. The van der Waals surface area contributed by atoms with Gasteiger partial charge in [-0.1, -0.05) is 107 Å². The van der Waals surface area contributed by atoms with Gasteiger partial charge in [-0.05, 0) is 56.8 Å². The molecule has 0 aliphatic carbocycles. The molecule has 4 heteroatoms. The minimum Gasteiger partial charge on any atom is -0.417 e. The minimum atomic E-state index is -2.81. The third-order valence-electron chi connectivity index (χ3n) is 6.71. The standard InChI is InChI=1S/C30H45O3P/c1-27(2,3)21-15-19-13-14-20-16-22(28(4,5)6)18-24(30(10,11)12)26(20)33-34(31)32-25(19)23(17-21)29(7,8)9/h15-18,34H,13-14H2,1-12H3. The van der Waals surface area contributed by atoms with Crippen molar-refractivity contribution in [1.29, 1.82) is 0 Å². The summed E-state index contributed by atoms with van der Waals surface area (Å²) in [6.07, 6.45) is 1.62. The molecule has 34 heavy (non-hydrogen) atoms. The van der Waals surface area contributed by atoms with Crippen LogP contribution in [-0.4, -0.2) is 0 Å². The van der Waals surface area contributed by atoms with Crippen molar-refractivity contribution in [3.63, 3.8) is 0 Å². The van der Waals surface area contributed by atoms with Crippen molar-refractivity contribution < 1.29 is 13.6 Å². The molecule has 2 aromatic rings. The van der Waals surface area contributed by atoms with Gasteiger partial charge >= 0.3 is 8.25 Å². The van der Waals surface area contributed by atoms with E-state index in [1.807, 2.05) is 0 Å². The van der Waals surface area contributed by atoms with Crippen LogP contribution in [0.2, 0.25) is 0 Å². The first-order chi connectivity index (χ1) is 15.3. The molecule has 0 bridgehead atoms. The molecule has 0 fully saturated rings. The van der Waals surface area contributed by atoms with Crippen LogP contribution in [0.4, 0.5) is 0 Å². The second-order valence-electron chi connectivity index (χ2n) is 14.0. The molecule has 1 aliphatic heterocycles. The maximum atomic E-state index is 13.4. The van der Waals surface area contributed by atoms with E-state index >= 15 is 0 Å². The predicted octanol–water partition coefficient (Wildman–Crippen LogP) is 8.82. The molecule has 3 rings (SSSR count). The average molecular weight is 485 g/mol. The summed E-state index contributed by atoms with van der Waals surface area (Å²) < 4.78 is 25.8. The largest absolute Gasteiger partial charge is 0.419 e. The Morgan fingerprint density at radius 3 is 1.15 bits per heavy atom. The molecule has 188 valence electrons. The second-order valence-corrected chi connectivity index (χ2v) is 14.9. The lowest BCUT2D eigenvalue weighted by molar-refractivity contribution is 0.401. The number of benzene rings is 2. The highest BCUT2D eigenvalue weighted by atomic mass is 31.1. The lowest BCUT2D eigenvalue weighted by Crippen LogP contribution is -2.18. The van der Waals surface area contributed by atoms with Crippen LogP contribution in [0.3, 0.4) is 0 Å². The van der Waals surface area contributed by atoms with Gasteiger partial charge in [-0.25, -0.2) is 4.57 Å². The van der Waals surface area contributed by atoms with E-state index in [1.165, 1.54) is 11.1 Å². The van der Waals surface area contributed by atoms with Crippen molar-refractivity contribution in [2.45, 2.75) is 118 Å². The molecule has 0 N–H and O–H groups in total. The van der Waals surface area contributed by atoms with Gasteiger partial charge in [-0.15, -0.1) is 0 Å². The van der Waals surface area contributed by atoms with Crippen LogP contribution in [0.5, 0.6) is 11.5 Å². The Morgan fingerprint density at radius 1 is 0.559 bits per heavy atom. The Balaban J connectivity index is 2.26. The van der Waals surface area contributed by atoms with Crippen LogP contribution in [0.25, 0.3) is 0 Å². The monoisotopic (exact) mass is 484 g/mol. The molecule has 2 aromatic carbocycles. The lowest BCUT2D eigenvalue weighted by Gasteiger charge is -2.29. The Bertz CT molecular complexity index is 1010. The Hall–Kier alpha value is -1.73. The maximum Gasteiger partial charge on any atom is 0.419 e. The van der Waals surface area contributed by atoms with E-state index in [0.717, 1.165) is 46.6 Å². The van der Waals surface area contributed by atoms with Crippen LogP contribution >= 0.6 is 8.25 Å². The molecule has 1 aliphatic rings.